The van der Waals surface area contributed by atoms with E-state index in [9.17, 15) is 0 Å². The van der Waals surface area contributed by atoms with Gasteiger partial charge in [0.25, 0.3) is 0 Å². The predicted octanol–water partition coefficient (Wildman–Crippen LogP) is 5.46. The molecule has 0 amide bonds. The molecule has 0 saturated carbocycles. The molecule has 0 aromatic heterocycles. The summed E-state index contributed by atoms with van der Waals surface area (Å²) in [5, 5.41) is 7.46. The number of nitrogen functional groups attached to an aromatic ring is 1. The van der Waals surface area contributed by atoms with Gasteiger partial charge >= 0.3 is 0 Å². The summed E-state index contributed by atoms with van der Waals surface area (Å²) in [5.41, 5.74) is 13.5. The van der Waals surface area contributed by atoms with E-state index in [4.69, 9.17) is 25.8 Å². The highest BCUT2D eigenvalue weighted by atomic mass is 32.2. The van der Waals surface area contributed by atoms with Gasteiger partial charge in [0, 0.05) is 17.4 Å². The van der Waals surface area contributed by atoms with Gasteiger partial charge in [0.2, 0.25) is 0 Å². The van der Waals surface area contributed by atoms with Crippen LogP contribution in [-0.2, 0) is 6.42 Å². The number of ether oxygens (including phenoxy) is 1. The molecule has 2 rings (SSSR count). The van der Waals surface area contributed by atoms with Gasteiger partial charge in [-0.15, -0.1) is 0 Å². The van der Waals surface area contributed by atoms with Crippen molar-refractivity contribution in [3.63, 3.8) is 0 Å². The molecule has 0 bridgehead atoms. The summed E-state index contributed by atoms with van der Waals surface area (Å²) in [5.74, 6) is 3.60. The lowest BCUT2D eigenvalue weighted by Crippen LogP contribution is -2.30. The van der Waals surface area contributed by atoms with E-state index in [0.717, 1.165) is 35.7 Å². The van der Waals surface area contributed by atoms with Crippen LogP contribution < -0.4 is 20.4 Å². The summed E-state index contributed by atoms with van der Waals surface area (Å²) in [6.45, 7) is 4.73. The first kappa shape index (κ1) is 27.2. The Morgan fingerprint density at radius 1 is 1.06 bits per heavy atom. The number of benzene rings is 2. The van der Waals surface area contributed by atoms with E-state index in [2.05, 4.69) is 26.5 Å². The Morgan fingerprint density at radius 2 is 1.77 bits per heavy atom. The van der Waals surface area contributed by atoms with Crippen LogP contribution in [0.25, 0.3) is 0 Å². The molecule has 5 N–H and O–H groups in total. The Balaban J connectivity index is 0.000000861. The van der Waals surface area contributed by atoms with Gasteiger partial charge in [-0.3, -0.25) is 5.41 Å². The lowest BCUT2D eigenvalue weighted by Gasteiger charge is -2.14. The highest BCUT2D eigenvalue weighted by Gasteiger charge is 2.07. The minimum Gasteiger partial charge on any atom is -0.492 e. The molecule has 5 nitrogen and oxygen atoms in total. The summed E-state index contributed by atoms with van der Waals surface area (Å²) in [6.07, 6.45) is 5.57. The lowest BCUT2D eigenvalue weighted by atomic mass is 10.1. The average molecular weight is 464 g/mol. The van der Waals surface area contributed by atoms with Crippen LogP contribution in [0.4, 0.5) is 0 Å². The molecule has 172 valence electrons. The molecule has 0 fully saturated rings. The highest BCUT2D eigenvalue weighted by molar-refractivity contribution is 7.95. The number of nitrogens with two attached hydrogens (primary N) is 2. The van der Waals surface area contributed by atoms with Crippen molar-refractivity contribution in [1.82, 2.24) is 0 Å². The fraction of sp³-hybridized carbons (Fsp3) is 0.458. The van der Waals surface area contributed by atoms with Gasteiger partial charge in [0.1, 0.15) is 23.9 Å². The summed E-state index contributed by atoms with van der Waals surface area (Å²) in [4.78, 5) is 0. The third-order valence-corrected chi connectivity index (χ3v) is 5.36. The average Bonchev–Trinajstić information content (AvgIpc) is 2.77. The van der Waals surface area contributed by atoms with E-state index in [-0.39, 0.29) is 11.9 Å². The van der Waals surface area contributed by atoms with Crippen LogP contribution in [0.3, 0.4) is 0 Å². The molecule has 2 aromatic rings. The molecule has 0 aliphatic rings. The van der Waals surface area contributed by atoms with Crippen molar-refractivity contribution in [2.24, 2.45) is 11.5 Å². The number of hydrogen-bond donors (Lipinski definition) is 4. The van der Waals surface area contributed by atoms with E-state index in [1.807, 2.05) is 36.4 Å². The van der Waals surface area contributed by atoms with E-state index < -0.39 is 0 Å². The third-order valence-electron chi connectivity index (χ3n) is 4.28. The van der Waals surface area contributed by atoms with Gasteiger partial charge in [-0.2, -0.15) is 12.6 Å². The van der Waals surface area contributed by atoms with Gasteiger partial charge in [0.15, 0.2) is 0 Å². The molecule has 1 atom stereocenters. The van der Waals surface area contributed by atoms with Crippen LogP contribution in [0, 0.1) is 5.41 Å². The van der Waals surface area contributed by atoms with Gasteiger partial charge in [-0.25, -0.2) is 0 Å². The summed E-state index contributed by atoms with van der Waals surface area (Å²) in [6, 6.07) is 15.1. The summed E-state index contributed by atoms with van der Waals surface area (Å²) < 4.78 is 11.4. The molecule has 0 unspecified atom stereocenters. The Morgan fingerprint density at radius 3 is 2.35 bits per heavy atom. The van der Waals surface area contributed by atoms with Crippen LogP contribution in [-0.4, -0.2) is 30.0 Å². The Kier molecular flexibility index (Phi) is 14.8. The Bertz CT molecular complexity index is 740. The first-order chi connectivity index (χ1) is 15.0. The van der Waals surface area contributed by atoms with Crippen LogP contribution in [0.5, 0.6) is 11.5 Å². The zero-order valence-electron chi connectivity index (χ0n) is 18.7. The van der Waals surface area contributed by atoms with Crippen LogP contribution >= 0.6 is 24.7 Å². The smallest absolute Gasteiger partial charge is 0.137 e. The predicted molar refractivity (Wildman–Crippen MR) is 138 cm³/mol. The Hall–Kier alpha value is -1.83. The van der Waals surface area contributed by atoms with Gasteiger partial charge in [-0.05, 0) is 54.8 Å². The zero-order valence-corrected chi connectivity index (χ0v) is 20.4. The maximum Gasteiger partial charge on any atom is 0.137 e. The van der Waals surface area contributed by atoms with E-state index >= 15 is 0 Å². The Labute approximate surface area is 197 Å². The van der Waals surface area contributed by atoms with Crippen molar-refractivity contribution in [2.45, 2.75) is 52.0 Å². The zero-order chi connectivity index (χ0) is 22.9. The topological polar surface area (TPSA) is 94.4 Å². The molecule has 0 aliphatic heterocycles. The molecular formula is C24H37N3O2S2. The molecule has 2 aromatic carbocycles. The molecule has 0 spiro atoms. The van der Waals surface area contributed by atoms with Gasteiger partial charge in [0.05, 0.1) is 12.0 Å². The second kappa shape index (κ2) is 16.8. The molecule has 7 heteroatoms. The fourth-order valence-corrected chi connectivity index (χ4v) is 3.52. The minimum absolute atomic E-state index is 0.0231. The first-order valence-electron chi connectivity index (χ1n) is 10.8. The normalized spacial score (nSPS) is 11.2. The second-order valence-corrected chi connectivity index (χ2v) is 8.45. The van der Waals surface area contributed by atoms with E-state index in [0.29, 0.717) is 17.9 Å². The van der Waals surface area contributed by atoms with Crippen molar-refractivity contribution in [2.75, 3.05) is 18.1 Å². The molecular weight excluding hydrogens is 426 g/mol. The molecule has 0 saturated heterocycles. The number of hydrogen-bond acceptors (Lipinski definition) is 6. The van der Waals surface area contributed by atoms with Gasteiger partial charge in [-0.1, -0.05) is 51.0 Å². The number of unbranched alkanes of at least 4 members (excludes halogenated alkanes) is 2. The summed E-state index contributed by atoms with van der Waals surface area (Å²) in [7, 11) is 0. The van der Waals surface area contributed by atoms with Crippen LogP contribution in [0.15, 0.2) is 48.5 Å². The van der Waals surface area contributed by atoms with Crippen LogP contribution in [0.2, 0.25) is 0 Å². The SMILES string of the molecule is CCCCS.CCCCSOc1ccc(C[C@H](N)COc2cccc(C(=N)N)c2)cc1. The number of rotatable bonds is 13. The van der Waals surface area contributed by atoms with E-state index in [1.165, 1.54) is 31.3 Å². The number of thiol groups is 1. The maximum atomic E-state index is 7.46. The first-order valence-corrected chi connectivity index (χ1v) is 12.4. The van der Waals surface area contributed by atoms with Crippen molar-refractivity contribution < 1.29 is 8.92 Å². The monoisotopic (exact) mass is 463 g/mol. The summed E-state index contributed by atoms with van der Waals surface area (Å²) >= 11 is 5.49. The minimum atomic E-state index is -0.123. The quantitative estimate of drug-likeness (QED) is 0.104. The lowest BCUT2D eigenvalue weighted by molar-refractivity contribution is 0.287. The second-order valence-electron chi connectivity index (χ2n) is 7.20. The molecule has 31 heavy (non-hydrogen) atoms. The molecule has 0 heterocycles. The molecule has 0 aliphatic carbocycles. The fourth-order valence-electron chi connectivity index (χ4n) is 2.47. The van der Waals surface area contributed by atoms with E-state index in [1.54, 1.807) is 12.1 Å². The third kappa shape index (κ3) is 12.6. The largest absolute Gasteiger partial charge is 0.492 e. The van der Waals surface area contributed by atoms with Crippen LogP contribution in [0.1, 0.15) is 50.7 Å². The van der Waals surface area contributed by atoms with Gasteiger partial charge < -0.3 is 20.4 Å². The van der Waals surface area contributed by atoms with Crippen molar-refractivity contribution in [3.05, 3.63) is 59.7 Å². The maximum absolute atomic E-state index is 7.46. The van der Waals surface area contributed by atoms with Crippen molar-refractivity contribution in [3.8, 4) is 11.5 Å². The number of nitrogens with one attached hydrogen (secondary N) is 1. The standard InChI is InChI=1S/C20H27N3O2S.C4H10S/c1-2-3-11-26-25-18-9-7-15(8-10-18)12-17(21)14-24-19-6-4-5-16(13-19)20(22)23;1-2-3-4-5/h4-10,13,17H,2-3,11-12,14,21H2,1H3,(H3,22,23);5H,2-4H2,1H3/t17-;/m0./s1. The molecule has 0 radical (unpaired) electrons. The number of amidine groups is 1. The van der Waals surface area contributed by atoms with Crippen molar-refractivity contribution in [1.29, 1.82) is 5.41 Å². The van der Waals surface area contributed by atoms with Crippen molar-refractivity contribution >= 4 is 30.5 Å². The highest BCUT2D eigenvalue weighted by Crippen LogP contribution is 2.19.